The zero-order valence-corrected chi connectivity index (χ0v) is 11.5. The Kier molecular flexibility index (Phi) is 3.76. The molecule has 6 heteroatoms. The number of hydrogen-bond acceptors (Lipinski definition) is 5. The molecular formula is C14H19FN2O3. The molecule has 1 aromatic rings. The highest BCUT2D eigenvalue weighted by molar-refractivity contribution is 5.37. The van der Waals surface area contributed by atoms with E-state index < -0.39 is 0 Å². The van der Waals surface area contributed by atoms with Crippen molar-refractivity contribution in [1.29, 1.82) is 0 Å². The maximum absolute atomic E-state index is 14.2. The lowest BCUT2D eigenvalue weighted by Gasteiger charge is -2.34. The highest BCUT2D eigenvalue weighted by Gasteiger charge is 2.27. The lowest BCUT2D eigenvalue weighted by Crippen LogP contribution is -2.38. The van der Waals surface area contributed by atoms with Crippen LogP contribution < -0.4 is 9.47 Å². The number of aliphatic hydroxyl groups excluding tert-OH is 1. The van der Waals surface area contributed by atoms with Gasteiger partial charge in [0.2, 0.25) is 0 Å². The summed E-state index contributed by atoms with van der Waals surface area (Å²) in [5, 5.41) is 9.54. The van der Waals surface area contributed by atoms with Crippen molar-refractivity contribution in [3.63, 3.8) is 0 Å². The van der Waals surface area contributed by atoms with Crippen molar-refractivity contribution in [1.82, 2.24) is 9.88 Å². The van der Waals surface area contributed by atoms with Gasteiger partial charge in [-0.3, -0.25) is 4.90 Å². The Bertz CT molecular complexity index is 490. The van der Waals surface area contributed by atoms with Gasteiger partial charge in [-0.05, 0) is 19.8 Å². The predicted octanol–water partition coefficient (Wildman–Crippen LogP) is 1.51. The van der Waals surface area contributed by atoms with Crippen molar-refractivity contribution in [3.8, 4) is 11.6 Å². The first-order valence-electron chi connectivity index (χ1n) is 7.03. The predicted molar refractivity (Wildman–Crippen MR) is 70.4 cm³/mol. The van der Waals surface area contributed by atoms with Gasteiger partial charge in [-0.2, -0.15) is 0 Å². The molecule has 1 fully saturated rings. The second-order valence-electron chi connectivity index (χ2n) is 5.30. The molecule has 3 rings (SSSR count). The van der Waals surface area contributed by atoms with Crippen LogP contribution in [0.15, 0.2) is 6.07 Å². The van der Waals surface area contributed by atoms with Gasteiger partial charge in [0.05, 0.1) is 17.8 Å². The maximum Gasteiger partial charge on any atom is 0.257 e. The summed E-state index contributed by atoms with van der Waals surface area (Å²) >= 11 is 0. The lowest BCUT2D eigenvalue weighted by molar-refractivity contribution is 0.0622. The molecule has 20 heavy (non-hydrogen) atoms. The van der Waals surface area contributed by atoms with Crippen molar-refractivity contribution >= 4 is 0 Å². The zero-order chi connectivity index (χ0) is 14.1. The number of aromatic nitrogens is 1. The van der Waals surface area contributed by atoms with Crippen LogP contribution in [-0.4, -0.2) is 47.4 Å². The lowest BCUT2D eigenvalue weighted by atomic mass is 10.0. The smallest absolute Gasteiger partial charge is 0.257 e. The molecule has 2 aliphatic heterocycles. The molecule has 3 heterocycles. The molecule has 0 spiro atoms. The number of ether oxygens (including phenoxy) is 2. The van der Waals surface area contributed by atoms with Crippen LogP contribution >= 0.6 is 0 Å². The van der Waals surface area contributed by atoms with Crippen LogP contribution in [0.25, 0.3) is 0 Å². The normalized spacial score (nSPS) is 21.8. The minimum atomic E-state index is -0.368. The molecule has 1 saturated heterocycles. The Morgan fingerprint density at radius 1 is 1.35 bits per heavy atom. The second-order valence-corrected chi connectivity index (χ2v) is 5.30. The number of fused-ring (bicyclic) bond motifs is 1. The van der Waals surface area contributed by atoms with E-state index >= 15 is 0 Å². The van der Waals surface area contributed by atoms with Crippen LogP contribution in [0.3, 0.4) is 0 Å². The third-order valence-corrected chi connectivity index (χ3v) is 3.96. The van der Waals surface area contributed by atoms with E-state index in [1.807, 2.05) is 6.92 Å². The highest BCUT2D eigenvalue weighted by atomic mass is 19.1. The van der Waals surface area contributed by atoms with Crippen molar-refractivity contribution < 1.29 is 19.0 Å². The van der Waals surface area contributed by atoms with Crippen LogP contribution in [0.2, 0.25) is 0 Å². The molecule has 1 unspecified atom stereocenters. The molecule has 110 valence electrons. The first-order chi connectivity index (χ1) is 9.65. The van der Waals surface area contributed by atoms with Crippen molar-refractivity contribution in [2.24, 2.45) is 0 Å². The number of pyridine rings is 1. The van der Waals surface area contributed by atoms with Crippen LogP contribution in [0, 0.1) is 5.82 Å². The van der Waals surface area contributed by atoms with Gasteiger partial charge in [0.1, 0.15) is 19.0 Å². The number of nitrogens with zero attached hydrogens (tertiary/aromatic N) is 2. The van der Waals surface area contributed by atoms with Gasteiger partial charge < -0.3 is 14.6 Å². The van der Waals surface area contributed by atoms with Gasteiger partial charge in [-0.15, -0.1) is 0 Å². The van der Waals surface area contributed by atoms with Gasteiger partial charge in [-0.1, -0.05) is 0 Å². The van der Waals surface area contributed by atoms with Crippen LogP contribution in [0.4, 0.5) is 4.39 Å². The second kappa shape index (κ2) is 5.54. The summed E-state index contributed by atoms with van der Waals surface area (Å²) in [5.74, 6) is 0.378. The molecule has 5 nitrogen and oxygen atoms in total. The van der Waals surface area contributed by atoms with Crippen molar-refractivity contribution in [2.75, 3.05) is 26.3 Å². The third kappa shape index (κ3) is 2.58. The van der Waals surface area contributed by atoms with E-state index in [0.717, 1.165) is 25.9 Å². The molecule has 1 N–H and O–H groups in total. The van der Waals surface area contributed by atoms with E-state index in [4.69, 9.17) is 9.47 Å². The Labute approximate surface area is 117 Å². The Balaban J connectivity index is 1.82. The summed E-state index contributed by atoms with van der Waals surface area (Å²) in [6, 6.07) is 1.21. The SMILES string of the molecule is CC(c1nc2c(cc1F)OCCO2)N1CCC(O)CC1. The summed E-state index contributed by atoms with van der Waals surface area (Å²) in [4.78, 5) is 6.41. The standard InChI is InChI=1S/C14H19FN2O3/c1-9(17-4-2-10(18)3-5-17)13-11(15)8-12-14(16-13)20-7-6-19-12/h8-10,18H,2-7H2,1H3. The fourth-order valence-electron chi connectivity index (χ4n) is 2.70. The van der Waals surface area contributed by atoms with Crippen LogP contribution in [0.5, 0.6) is 11.6 Å². The Morgan fingerprint density at radius 2 is 2.05 bits per heavy atom. The van der Waals surface area contributed by atoms with E-state index in [9.17, 15) is 9.50 Å². The average Bonchev–Trinajstić information content (AvgIpc) is 2.46. The summed E-state index contributed by atoms with van der Waals surface area (Å²) in [5.41, 5.74) is 0.380. The minimum Gasteiger partial charge on any atom is -0.484 e. The molecule has 0 amide bonds. The number of piperidine rings is 1. The largest absolute Gasteiger partial charge is 0.484 e. The number of rotatable bonds is 2. The Hall–Kier alpha value is -1.40. The number of hydrogen-bond donors (Lipinski definition) is 1. The number of likely N-dealkylation sites (tertiary alicyclic amines) is 1. The molecule has 0 bridgehead atoms. The van der Waals surface area contributed by atoms with Crippen molar-refractivity contribution in [3.05, 3.63) is 17.6 Å². The topological polar surface area (TPSA) is 54.8 Å². The molecule has 1 aromatic heterocycles. The summed E-state index contributed by atoms with van der Waals surface area (Å²) in [6.07, 6.45) is 1.20. The van der Waals surface area contributed by atoms with E-state index in [1.54, 1.807) is 0 Å². The molecule has 2 aliphatic rings. The van der Waals surface area contributed by atoms with Gasteiger partial charge in [-0.25, -0.2) is 9.37 Å². The molecule has 0 saturated carbocycles. The van der Waals surface area contributed by atoms with Crippen LogP contribution in [0.1, 0.15) is 31.5 Å². The maximum atomic E-state index is 14.2. The monoisotopic (exact) mass is 282 g/mol. The fraction of sp³-hybridized carbons (Fsp3) is 0.643. The molecule has 0 aliphatic carbocycles. The Morgan fingerprint density at radius 3 is 2.80 bits per heavy atom. The van der Waals surface area contributed by atoms with E-state index in [2.05, 4.69) is 9.88 Å². The number of halogens is 1. The van der Waals surface area contributed by atoms with Gasteiger partial charge >= 0.3 is 0 Å². The van der Waals surface area contributed by atoms with E-state index in [-0.39, 0.29) is 18.0 Å². The molecule has 0 aromatic carbocycles. The van der Waals surface area contributed by atoms with Gasteiger partial charge in [0, 0.05) is 19.2 Å². The zero-order valence-electron chi connectivity index (χ0n) is 11.5. The fourth-order valence-corrected chi connectivity index (χ4v) is 2.70. The quantitative estimate of drug-likeness (QED) is 0.891. The van der Waals surface area contributed by atoms with E-state index in [1.165, 1.54) is 6.07 Å². The molecule has 1 atom stereocenters. The van der Waals surface area contributed by atoms with Crippen molar-refractivity contribution in [2.45, 2.75) is 31.9 Å². The average molecular weight is 282 g/mol. The van der Waals surface area contributed by atoms with E-state index in [0.29, 0.717) is 30.5 Å². The summed E-state index contributed by atoms with van der Waals surface area (Å²) in [6.45, 7) is 4.29. The summed E-state index contributed by atoms with van der Waals surface area (Å²) in [7, 11) is 0. The first kappa shape index (κ1) is 13.6. The van der Waals surface area contributed by atoms with Gasteiger partial charge in [0.15, 0.2) is 5.75 Å². The minimum absolute atomic E-state index is 0.140. The highest BCUT2D eigenvalue weighted by Crippen LogP contribution is 2.33. The molecule has 0 radical (unpaired) electrons. The number of aliphatic hydroxyl groups is 1. The van der Waals surface area contributed by atoms with Crippen LogP contribution in [-0.2, 0) is 0 Å². The van der Waals surface area contributed by atoms with Gasteiger partial charge in [0.25, 0.3) is 5.88 Å². The molecular weight excluding hydrogens is 263 g/mol. The third-order valence-electron chi connectivity index (χ3n) is 3.96. The summed E-state index contributed by atoms with van der Waals surface area (Å²) < 4.78 is 24.9. The first-order valence-corrected chi connectivity index (χ1v) is 7.03.